The molecule has 0 aromatic heterocycles. The van der Waals surface area contributed by atoms with Crippen molar-refractivity contribution in [2.75, 3.05) is 13.2 Å². The van der Waals surface area contributed by atoms with Crippen LogP contribution in [0.2, 0.25) is 0 Å². The number of hydrogen-bond donors (Lipinski definition) is 1. The lowest BCUT2D eigenvalue weighted by molar-refractivity contribution is -0.153. The van der Waals surface area contributed by atoms with Crippen LogP contribution in [-0.2, 0) is 21.4 Å². The molecule has 156 valence electrons. The van der Waals surface area contributed by atoms with E-state index in [1.54, 1.807) is 12.1 Å². The Hall–Kier alpha value is -2.04. The number of fused-ring (bicyclic) bond motifs is 2. The summed E-state index contributed by atoms with van der Waals surface area (Å²) >= 11 is 0. The van der Waals surface area contributed by atoms with E-state index in [0.717, 1.165) is 44.2 Å². The minimum absolute atomic E-state index is 0. The molecule has 2 fully saturated rings. The molecule has 29 heavy (non-hydrogen) atoms. The zero-order chi connectivity index (χ0) is 19.6. The number of ether oxygens (including phenoxy) is 1. The molecule has 0 saturated carbocycles. The molecule has 2 aliphatic rings. The van der Waals surface area contributed by atoms with Crippen LogP contribution in [-0.4, -0.2) is 41.2 Å². The van der Waals surface area contributed by atoms with Gasteiger partial charge in [-0.25, -0.2) is 0 Å². The van der Waals surface area contributed by atoms with Crippen molar-refractivity contribution in [3.63, 3.8) is 0 Å². The fourth-order valence-electron chi connectivity index (χ4n) is 5.20. The second-order valence-corrected chi connectivity index (χ2v) is 8.12. The van der Waals surface area contributed by atoms with E-state index in [2.05, 4.69) is 35.2 Å². The first-order valence-corrected chi connectivity index (χ1v) is 10.4. The Morgan fingerprint density at radius 3 is 2.41 bits per heavy atom. The predicted molar refractivity (Wildman–Crippen MR) is 117 cm³/mol. The van der Waals surface area contributed by atoms with Crippen molar-refractivity contribution < 1.29 is 14.6 Å². The number of aromatic hydroxyl groups is 1. The SMILES string of the molecule is CCOC(=O)C1(c2cccc(O)c2)C[C@H]2CC[C@@H](C1)N2CCc1ccccc1.Cl. The molecule has 5 heteroatoms. The highest BCUT2D eigenvalue weighted by molar-refractivity contribution is 5.85. The Morgan fingerprint density at radius 1 is 1.10 bits per heavy atom. The highest BCUT2D eigenvalue weighted by Crippen LogP contribution is 2.48. The first-order valence-electron chi connectivity index (χ1n) is 10.4. The minimum Gasteiger partial charge on any atom is -0.508 e. The highest BCUT2D eigenvalue weighted by atomic mass is 35.5. The fourth-order valence-corrected chi connectivity index (χ4v) is 5.20. The number of benzene rings is 2. The molecule has 0 amide bonds. The van der Waals surface area contributed by atoms with E-state index < -0.39 is 5.41 Å². The van der Waals surface area contributed by atoms with Crippen LogP contribution >= 0.6 is 12.4 Å². The highest BCUT2D eigenvalue weighted by Gasteiger charge is 2.53. The number of hydrogen-bond acceptors (Lipinski definition) is 4. The molecule has 2 heterocycles. The van der Waals surface area contributed by atoms with E-state index in [-0.39, 0.29) is 24.1 Å². The van der Waals surface area contributed by atoms with Crippen LogP contribution in [0.3, 0.4) is 0 Å². The van der Waals surface area contributed by atoms with E-state index >= 15 is 0 Å². The van der Waals surface area contributed by atoms with Gasteiger partial charge in [-0.15, -0.1) is 12.4 Å². The van der Waals surface area contributed by atoms with Crippen LogP contribution in [0, 0.1) is 0 Å². The van der Waals surface area contributed by atoms with Crippen molar-refractivity contribution in [3.05, 3.63) is 65.7 Å². The van der Waals surface area contributed by atoms with Gasteiger partial charge in [0.15, 0.2) is 0 Å². The van der Waals surface area contributed by atoms with Crippen molar-refractivity contribution in [3.8, 4) is 5.75 Å². The molecule has 4 nitrogen and oxygen atoms in total. The second kappa shape index (κ2) is 9.19. The summed E-state index contributed by atoms with van der Waals surface area (Å²) in [4.78, 5) is 15.7. The van der Waals surface area contributed by atoms with Gasteiger partial charge in [0.2, 0.25) is 0 Å². The van der Waals surface area contributed by atoms with Crippen LogP contribution < -0.4 is 0 Å². The van der Waals surface area contributed by atoms with Gasteiger partial charge < -0.3 is 9.84 Å². The number of piperidine rings is 1. The molecule has 4 rings (SSSR count). The molecular formula is C24H30ClNO3. The lowest BCUT2D eigenvalue weighted by Crippen LogP contribution is -2.53. The number of phenols is 1. The molecule has 2 saturated heterocycles. The normalized spacial score (nSPS) is 26.0. The van der Waals surface area contributed by atoms with Gasteiger partial charge in [-0.2, -0.15) is 0 Å². The second-order valence-electron chi connectivity index (χ2n) is 8.12. The third-order valence-electron chi connectivity index (χ3n) is 6.51. The molecule has 1 unspecified atom stereocenters. The standard InChI is InChI=1S/C24H29NO3.ClH/c1-2-28-23(27)24(19-9-6-10-22(26)15-19)16-20-11-12-21(17-24)25(20)14-13-18-7-4-3-5-8-18;/h3-10,15,20-21,26H,2,11-14,16-17H2,1H3;1H/t20-,21+,24?;. The number of rotatable bonds is 6. The molecule has 2 bridgehead atoms. The average molecular weight is 416 g/mol. The van der Waals surface area contributed by atoms with Gasteiger partial charge in [-0.05, 0) is 62.3 Å². The van der Waals surface area contributed by atoms with E-state index in [9.17, 15) is 9.90 Å². The molecule has 1 N–H and O–H groups in total. The van der Waals surface area contributed by atoms with Crippen LogP contribution in [0.1, 0.15) is 43.7 Å². The summed E-state index contributed by atoms with van der Waals surface area (Å²) in [6.45, 7) is 3.27. The van der Waals surface area contributed by atoms with Crippen molar-refractivity contribution in [1.82, 2.24) is 4.90 Å². The van der Waals surface area contributed by atoms with E-state index in [0.29, 0.717) is 18.7 Å². The van der Waals surface area contributed by atoms with Gasteiger partial charge in [0.25, 0.3) is 0 Å². The van der Waals surface area contributed by atoms with Crippen molar-refractivity contribution in [2.24, 2.45) is 0 Å². The van der Waals surface area contributed by atoms with Crippen LogP contribution in [0.5, 0.6) is 5.75 Å². The van der Waals surface area contributed by atoms with Crippen molar-refractivity contribution in [1.29, 1.82) is 0 Å². The number of nitrogens with zero attached hydrogens (tertiary/aromatic N) is 1. The lowest BCUT2D eigenvalue weighted by Gasteiger charge is -2.45. The smallest absolute Gasteiger partial charge is 0.316 e. The number of halogens is 1. The summed E-state index contributed by atoms with van der Waals surface area (Å²) in [6.07, 6.45) is 4.81. The third kappa shape index (κ3) is 4.29. The maximum atomic E-state index is 13.1. The first-order chi connectivity index (χ1) is 13.6. The quantitative estimate of drug-likeness (QED) is 0.706. The molecule has 2 aromatic carbocycles. The van der Waals surface area contributed by atoms with Gasteiger partial charge in [0.05, 0.1) is 12.0 Å². The summed E-state index contributed by atoms with van der Waals surface area (Å²) in [6, 6.07) is 18.6. The Labute approximate surface area is 179 Å². The summed E-state index contributed by atoms with van der Waals surface area (Å²) in [7, 11) is 0. The van der Waals surface area contributed by atoms with Gasteiger partial charge >= 0.3 is 5.97 Å². The Bertz CT molecular complexity index is 812. The van der Waals surface area contributed by atoms with E-state index in [4.69, 9.17) is 4.74 Å². The topological polar surface area (TPSA) is 49.8 Å². The molecule has 3 atom stereocenters. The van der Waals surface area contributed by atoms with Gasteiger partial charge in [0, 0.05) is 18.6 Å². The Kier molecular flexibility index (Phi) is 6.86. The van der Waals surface area contributed by atoms with Crippen LogP contribution in [0.15, 0.2) is 54.6 Å². The van der Waals surface area contributed by atoms with Gasteiger partial charge in [-0.3, -0.25) is 9.69 Å². The van der Waals surface area contributed by atoms with Crippen molar-refractivity contribution in [2.45, 2.75) is 56.5 Å². The zero-order valence-corrected chi connectivity index (χ0v) is 17.7. The lowest BCUT2D eigenvalue weighted by atomic mass is 9.69. The summed E-state index contributed by atoms with van der Waals surface area (Å²) in [5, 5.41) is 10.0. The van der Waals surface area contributed by atoms with E-state index in [1.165, 1.54) is 5.56 Å². The number of carbonyl (C=O) groups is 1. The molecule has 0 spiro atoms. The predicted octanol–water partition coefficient (Wildman–Crippen LogP) is 4.48. The van der Waals surface area contributed by atoms with Gasteiger partial charge in [-0.1, -0.05) is 42.5 Å². The fraction of sp³-hybridized carbons (Fsp3) is 0.458. The van der Waals surface area contributed by atoms with Crippen LogP contribution in [0.4, 0.5) is 0 Å². The maximum absolute atomic E-state index is 13.1. The Balaban J connectivity index is 0.00000240. The van der Waals surface area contributed by atoms with Crippen LogP contribution in [0.25, 0.3) is 0 Å². The first kappa shape index (κ1) is 21.7. The maximum Gasteiger partial charge on any atom is 0.316 e. The average Bonchev–Trinajstić information content (AvgIpc) is 2.95. The summed E-state index contributed by atoms with van der Waals surface area (Å²) in [5.41, 5.74) is 1.60. The van der Waals surface area contributed by atoms with E-state index in [1.807, 2.05) is 19.1 Å². The van der Waals surface area contributed by atoms with Gasteiger partial charge in [0.1, 0.15) is 5.75 Å². The van der Waals surface area contributed by atoms with Crippen molar-refractivity contribution >= 4 is 18.4 Å². The zero-order valence-electron chi connectivity index (χ0n) is 16.9. The largest absolute Gasteiger partial charge is 0.508 e. The molecule has 0 aliphatic carbocycles. The molecule has 2 aromatic rings. The summed E-state index contributed by atoms with van der Waals surface area (Å²) in [5.74, 6) is 0.0697. The third-order valence-corrected chi connectivity index (χ3v) is 6.51. The summed E-state index contributed by atoms with van der Waals surface area (Å²) < 4.78 is 5.53. The molecule has 0 radical (unpaired) electrons. The minimum atomic E-state index is -0.649. The number of phenolic OH excluding ortho intramolecular Hbond substituents is 1. The number of esters is 1. The molecule has 2 aliphatic heterocycles. The monoisotopic (exact) mass is 415 g/mol. The molecular weight excluding hydrogens is 386 g/mol. The number of carbonyl (C=O) groups excluding carboxylic acids is 1. The Morgan fingerprint density at radius 2 is 1.79 bits per heavy atom.